The number of rotatable bonds is 5. The molecule has 100 valence electrons. The average Bonchev–Trinajstić information content (AvgIpc) is 2.42. The SMILES string of the molecule is CNCc1ccc(Cl)cc1Oc1cccc(OC)c1. The van der Waals surface area contributed by atoms with Gasteiger partial charge < -0.3 is 14.8 Å². The zero-order valence-corrected chi connectivity index (χ0v) is 11.7. The van der Waals surface area contributed by atoms with E-state index in [1.54, 1.807) is 7.11 Å². The van der Waals surface area contributed by atoms with Crippen LogP contribution in [0.5, 0.6) is 17.2 Å². The first-order valence-corrected chi connectivity index (χ1v) is 6.35. The Hall–Kier alpha value is -1.71. The number of methoxy groups -OCH3 is 1. The van der Waals surface area contributed by atoms with Crippen LogP contribution in [0.2, 0.25) is 5.02 Å². The Balaban J connectivity index is 2.28. The van der Waals surface area contributed by atoms with Gasteiger partial charge in [0.15, 0.2) is 0 Å². The normalized spacial score (nSPS) is 10.3. The van der Waals surface area contributed by atoms with Crippen LogP contribution >= 0.6 is 11.6 Å². The van der Waals surface area contributed by atoms with E-state index in [4.69, 9.17) is 21.1 Å². The molecule has 3 nitrogen and oxygen atoms in total. The first-order chi connectivity index (χ1) is 9.22. The maximum Gasteiger partial charge on any atom is 0.133 e. The summed E-state index contributed by atoms with van der Waals surface area (Å²) in [5.74, 6) is 2.23. The summed E-state index contributed by atoms with van der Waals surface area (Å²) in [4.78, 5) is 0. The second kappa shape index (κ2) is 6.45. The summed E-state index contributed by atoms with van der Waals surface area (Å²) in [5, 5.41) is 3.76. The number of halogens is 1. The molecule has 0 radical (unpaired) electrons. The summed E-state index contributed by atoms with van der Waals surface area (Å²) < 4.78 is 11.1. The molecule has 0 aromatic heterocycles. The third-order valence-electron chi connectivity index (χ3n) is 2.67. The van der Waals surface area contributed by atoms with Crippen LogP contribution < -0.4 is 14.8 Å². The van der Waals surface area contributed by atoms with Crippen molar-refractivity contribution in [1.82, 2.24) is 5.32 Å². The Bertz CT molecular complexity index is 558. The quantitative estimate of drug-likeness (QED) is 0.900. The third kappa shape index (κ3) is 3.63. The van der Waals surface area contributed by atoms with Crippen molar-refractivity contribution in [3.05, 3.63) is 53.1 Å². The van der Waals surface area contributed by atoms with Gasteiger partial charge in [-0.2, -0.15) is 0 Å². The number of nitrogens with one attached hydrogen (secondary N) is 1. The second-order valence-corrected chi connectivity index (χ2v) is 4.50. The van der Waals surface area contributed by atoms with Crippen molar-refractivity contribution in [2.24, 2.45) is 0 Å². The lowest BCUT2D eigenvalue weighted by molar-refractivity contribution is 0.408. The molecule has 0 amide bonds. The number of benzene rings is 2. The van der Waals surface area contributed by atoms with Crippen LogP contribution in [-0.4, -0.2) is 14.2 Å². The standard InChI is InChI=1S/C15H16ClNO2/c1-17-10-11-6-7-12(16)8-15(11)19-14-5-3-4-13(9-14)18-2/h3-9,17H,10H2,1-2H3. The van der Waals surface area contributed by atoms with E-state index >= 15 is 0 Å². The van der Waals surface area contributed by atoms with Gasteiger partial charge in [-0.25, -0.2) is 0 Å². The van der Waals surface area contributed by atoms with Crippen LogP contribution in [0.1, 0.15) is 5.56 Å². The van der Waals surface area contributed by atoms with Crippen LogP contribution in [0.3, 0.4) is 0 Å². The second-order valence-electron chi connectivity index (χ2n) is 4.06. The molecule has 1 N–H and O–H groups in total. The zero-order valence-electron chi connectivity index (χ0n) is 10.9. The van der Waals surface area contributed by atoms with E-state index in [2.05, 4.69) is 5.32 Å². The van der Waals surface area contributed by atoms with Gasteiger partial charge in [0.2, 0.25) is 0 Å². The molecule has 0 aliphatic carbocycles. The fourth-order valence-electron chi connectivity index (χ4n) is 1.75. The lowest BCUT2D eigenvalue weighted by Crippen LogP contribution is -2.06. The minimum Gasteiger partial charge on any atom is -0.497 e. The maximum absolute atomic E-state index is 6.02. The molecular formula is C15H16ClNO2. The molecule has 0 atom stereocenters. The van der Waals surface area contributed by atoms with Crippen LogP contribution in [0.4, 0.5) is 0 Å². The summed E-state index contributed by atoms with van der Waals surface area (Å²) >= 11 is 6.02. The molecule has 0 aliphatic rings. The molecule has 4 heteroatoms. The van der Waals surface area contributed by atoms with Crippen molar-refractivity contribution < 1.29 is 9.47 Å². The van der Waals surface area contributed by atoms with Crippen molar-refractivity contribution in [3.8, 4) is 17.2 Å². The van der Waals surface area contributed by atoms with E-state index < -0.39 is 0 Å². The summed E-state index contributed by atoms with van der Waals surface area (Å²) in [6.07, 6.45) is 0. The maximum atomic E-state index is 6.02. The molecule has 0 unspecified atom stereocenters. The fraction of sp³-hybridized carbons (Fsp3) is 0.200. The molecule has 0 saturated carbocycles. The largest absolute Gasteiger partial charge is 0.497 e. The fourth-order valence-corrected chi connectivity index (χ4v) is 1.91. The van der Waals surface area contributed by atoms with Crippen molar-refractivity contribution in [2.45, 2.75) is 6.54 Å². The number of hydrogen-bond acceptors (Lipinski definition) is 3. The van der Waals surface area contributed by atoms with E-state index in [1.165, 1.54) is 0 Å². The minimum atomic E-state index is 0.651. The molecular weight excluding hydrogens is 262 g/mol. The minimum absolute atomic E-state index is 0.651. The number of ether oxygens (including phenoxy) is 2. The third-order valence-corrected chi connectivity index (χ3v) is 2.90. The van der Waals surface area contributed by atoms with Gasteiger partial charge in [-0.1, -0.05) is 23.7 Å². The molecule has 2 aromatic rings. The van der Waals surface area contributed by atoms with Gasteiger partial charge in [0.25, 0.3) is 0 Å². The lowest BCUT2D eigenvalue weighted by Gasteiger charge is -2.12. The van der Waals surface area contributed by atoms with Crippen molar-refractivity contribution in [2.75, 3.05) is 14.2 Å². The Labute approximate surface area is 118 Å². The monoisotopic (exact) mass is 277 g/mol. The first-order valence-electron chi connectivity index (χ1n) is 5.98. The van der Waals surface area contributed by atoms with Gasteiger partial charge >= 0.3 is 0 Å². The Morgan fingerprint density at radius 1 is 1.11 bits per heavy atom. The van der Waals surface area contributed by atoms with Crippen LogP contribution in [0.15, 0.2) is 42.5 Å². The van der Waals surface area contributed by atoms with Crippen LogP contribution in [0.25, 0.3) is 0 Å². The topological polar surface area (TPSA) is 30.5 Å². The smallest absolute Gasteiger partial charge is 0.133 e. The van der Waals surface area contributed by atoms with Crippen LogP contribution in [0, 0.1) is 0 Å². The highest BCUT2D eigenvalue weighted by molar-refractivity contribution is 6.30. The van der Waals surface area contributed by atoms with Gasteiger partial charge in [-0.3, -0.25) is 0 Å². The zero-order chi connectivity index (χ0) is 13.7. The molecule has 2 rings (SSSR count). The van der Waals surface area contributed by atoms with Gasteiger partial charge in [0.05, 0.1) is 7.11 Å². The molecule has 0 bridgehead atoms. The molecule has 19 heavy (non-hydrogen) atoms. The molecule has 0 fully saturated rings. The summed E-state index contributed by atoms with van der Waals surface area (Å²) in [6.45, 7) is 0.719. The molecule has 0 saturated heterocycles. The molecule has 2 aromatic carbocycles. The summed E-state index contributed by atoms with van der Waals surface area (Å²) in [7, 11) is 3.52. The van der Waals surface area contributed by atoms with E-state index in [-0.39, 0.29) is 0 Å². The average molecular weight is 278 g/mol. The Kier molecular flexibility index (Phi) is 4.66. The molecule has 0 spiro atoms. The highest BCUT2D eigenvalue weighted by Crippen LogP contribution is 2.30. The van der Waals surface area contributed by atoms with Gasteiger partial charge in [0, 0.05) is 23.2 Å². The molecule has 0 heterocycles. The highest BCUT2D eigenvalue weighted by Gasteiger charge is 2.06. The van der Waals surface area contributed by atoms with E-state index in [0.29, 0.717) is 5.02 Å². The predicted molar refractivity (Wildman–Crippen MR) is 77.3 cm³/mol. The molecule has 0 aliphatic heterocycles. The Morgan fingerprint density at radius 2 is 1.89 bits per heavy atom. The van der Waals surface area contributed by atoms with Crippen molar-refractivity contribution >= 4 is 11.6 Å². The van der Waals surface area contributed by atoms with E-state index in [1.807, 2.05) is 49.5 Å². The predicted octanol–water partition coefficient (Wildman–Crippen LogP) is 3.86. The van der Waals surface area contributed by atoms with E-state index in [0.717, 1.165) is 29.4 Å². The number of hydrogen-bond donors (Lipinski definition) is 1. The summed E-state index contributed by atoms with van der Waals surface area (Å²) in [6, 6.07) is 13.1. The van der Waals surface area contributed by atoms with Crippen LogP contribution in [-0.2, 0) is 6.54 Å². The van der Waals surface area contributed by atoms with Crippen molar-refractivity contribution in [3.63, 3.8) is 0 Å². The van der Waals surface area contributed by atoms with Gasteiger partial charge in [0.1, 0.15) is 17.2 Å². The lowest BCUT2D eigenvalue weighted by atomic mass is 10.2. The van der Waals surface area contributed by atoms with Crippen molar-refractivity contribution in [1.29, 1.82) is 0 Å². The van der Waals surface area contributed by atoms with Gasteiger partial charge in [-0.05, 0) is 31.3 Å². The summed E-state index contributed by atoms with van der Waals surface area (Å²) in [5.41, 5.74) is 1.05. The van der Waals surface area contributed by atoms with Gasteiger partial charge in [-0.15, -0.1) is 0 Å². The highest BCUT2D eigenvalue weighted by atomic mass is 35.5. The Morgan fingerprint density at radius 3 is 2.63 bits per heavy atom. The van der Waals surface area contributed by atoms with E-state index in [9.17, 15) is 0 Å². The first kappa shape index (κ1) is 13.7.